The Balaban J connectivity index is 1.52. The van der Waals surface area contributed by atoms with Crippen LogP contribution in [0.3, 0.4) is 0 Å². The van der Waals surface area contributed by atoms with Crippen molar-refractivity contribution in [3.05, 3.63) is 65.5 Å². The normalized spacial score (nSPS) is 25.0. The van der Waals surface area contributed by atoms with Crippen LogP contribution in [-0.4, -0.2) is 55.4 Å². The van der Waals surface area contributed by atoms with Crippen LogP contribution < -0.4 is 0 Å². The summed E-state index contributed by atoms with van der Waals surface area (Å²) in [6.45, 7) is 4.94. The maximum atomic E-state index is 13.3. The van der Waals surface area contributed by atoms with Gasteiger partial charge in [-0.1, -0.05) is 12.1 Å². The molecule has 2 aromatic carbocycles. The number of ether oxygens (including phenoxy) is 1. The average molecular weight is 447 g/mol. The fourth-order valence-corrected chi connectivity index (χ4v) is 6.04. The monoisotopic (exact) mass is 446 g/mol. The minimum absolute atomic E-state index is 0.104. The van der Waals surface area contributed by atoms with Crippen LogP contribution >= 0.6 is 0 Å². The quantitative estimate of drug-likeness (QED) is 0.720. The number of likely N-dealkylation sites (tertiary alicyclic amines) is 1. The highest BCUT2D eigenvalue weighted by atomic mass is 32.2. The number of amides is 1. The molecule has 2 aromatic rings. The first-order chi connectivity index (χ1) is 14.8. The van der Waals surface area contributed by atoms with E-state index >= 15 is 0 Å². The van der Waals surface area contributed by atoms with Crippen LogP contribution in [0.15, 0.2) is 53.4 Å². The molecule has 0 unspecified atom stereocenters. The third-order valence-electron chi connectivity index (χ3n) is 5.89. The summed E-state index contributed by atoms with van der Waals surface area (Å²) in [5, 5.41) is 0. The number of nitrogens with zero attached hydrogens (tertiary/aromatic N) is 2. The molecule has 0 bridgehead atoms. The molecule has 166 valence electrons. The zero-order chi connectivity index (χ0) is 22.2. The van der Waals surface area contributed by atoms with Gasteiger partial charge in [-0.25, -0.2) is 12.8 Å². The predicted octanol–water partition coefficient (Wildman–Crippen LogP) is 3.60. The van der Waals surface area contributed by atoms with Crippen LogP contribution in [0.4, 0.5) is 4.39 Å². The molecule has 0 aromatic heterocycles. The fraction of sp³-hybridized carbons (Fsp3) is 0.435. The number of hydrogen-bond donors (Lipinski definition) is 0. The predicted molar refractivity (Wildman–Crippen MR) is 115 cm³/mol. The summed E-state index contributed by atoms with van der Waals surface area (Å²) in [6, 6.07) is 12.3. The molecule has 2 saturated heterocycles. The van der Waals surface area contributed by atoms with Crippen molar-refractivity contribution in [1.29, 1.82) is 0 Å². The van der Waals surface area contributed by atoms with Crippen LogP contribution in [0.2, 0.25) is 0 Å². The molecule has 0 saturated carbocycles. The standard InChI is InChI=1S/C23H27FN2O4S/c1-16-14-25(15-17(2)30-16)31(28,29)21-11-7-19(8-12-21)23(27)26-13-3-4-22(26)18-5-9-20(24)10-6-18/h5-12,16-17,22H,3-4,13-15H2,1-2H3/t16-,17+,22-/m0/s1. The van der Waals surface area contributed by atoms with Crippen molar-refractivity contribution in [2.45, 2.75) is 49.8 Å². The van der Waals surface area contributed by atoms with E-state index in [1.807, 2.05) is 13.8 Å². The molecule has 8 heteroatoms. The maximum absolute atomic E-state index is 13.3. The lowest BCUT2D eigenvalue weighted by Gasteiger charge is -2.34. The van der Waals surface area contributed by atoms with Crippen molar-refractivity contribution in [3.8, 4) is 0 Å². The van der Waals surface area contributed by atoms with Crippen LogP contribution in [0, 0.1) is 5.82 Å². The lowest BCUT2D eigenvalue weighted by molar-refractivity contribution is -0.0440. The molecular weight excluding hydrogens is 419 g/mol. The number of morpholine rings is 1. The van der Waals surface area contributed by atoms with Crippen molar-refractivity contribution in [1.82, 2.24) is 9.21 Å². The molecule has 0 radical (unpaired) electrons. The second-order valence-electron chi connectivity index (χ2n) is 8.31. The Kier molecular flexibility index (Phi) is 6.14. The fourth-order valence-electron chi connectivity index (χ4n) is 4.45. The maximum Gasteiger partial charge on any atom is 0.254 e. The van der Waals surface area contributed by atoms with Gasteiger partial charge in [0, 0.05) is 25.2 Å². The van der Waals surface area contributed by atoms with Gasteiger partial charge in [-0.15, -0.1) is 0 Å². The van der Waals surface area contributed by atoms with Crippen LogP contribution in [0.5, 0.6) is 0 Å². The van der Waals surface area contributed by atoms with Gasteiger partial charge < -0.3 is 9.64 Å². The number of rotatable bonds is 4. The van der Waals surface area contributed by atoms with Gasteiger partial charge in [-0.2, -0.15) is 4.31 Å². The third kappa shape index (κ3) is 4.51. The second kappa shape index (κ2) is 8.68. The molecule has 4 rings (SSSR count). The first kappa shape index (κ1) is 21.9. The van der Waals surface area contributed by atoms with Crippen molar-refractivity contribution < 1.29 is 22.3 Å². The lowest BCUT2D eigenvalue weighted by atomic mass is 10.0. The smallest absolute Gasteiger partial charge is 0.254 e. The van der Waals surface area contributed by atoms with Crippen LogP contribution in [0.25, 0.3) is 0 Å². The number of carbonyl (C=O) groups is 1. The highest BCUT2D eigenvalue weighted by molar-refractivity contribution is 7.89. The van der Waals surface area contributed by atoms with Crippen molar-refractivity contribution in [2.75, 3.05) is 19.6 Å². The summed E-state index contributed by atoms with van der Waals surface area (Å²) in [5.41, 5.74) is 1.35. The van der Waals surface area contributed by atoms with Gasteiger partial charge in [0.1, 0.15) is 5.82 Å². The van der Waals surface area contributed by atoms with Gasteiger partial charge in [-0.05, 0) is 68.7 Å². The van der Waals surface area contributed by atoms with E-state index in [4.69, 9.17) is 4.74 Å². The molecule has 0 aliphatic carbocycles. The first-order valence-corrected chi connectivity index (χ1v) is 12.0. The van der Waals surface area contributed by atoms with Gasteiger partial charge in [0.2, 0.25) is 10.0 Å². The van der Waals surface area contributed by atoms with E-state index in [1.54, 1.807) is 29.2 Å². The summed E-state index contributed by atoms with van der Waals surface area (Å²) in [5.74, 6) is -0.454. The summed E-state index contributed by atoms with van der Waals surface area (Å²) in [7, 11) is -3.65. The molecule has 2 fully saturated rings. The summed E-state index contributed by atoms with van der Waals surface area (Å²) < 4.78 is 46.4. The minimum atomic E-state index is -3.65. The second-order valence-corrected chi connectivity index (χ2v) is 10.2. The minimum Gasteiger partial charge on any atom is -0.373 e. The Labute approximate surface area is 182 Å². The number of sulfonamides is 1. The Bertz CT molecular complexity index is 1030. The zero-order valence-corrected chi connectivity index (χ0v) is 18.5. The van der Waals surface area contributed by atoms with Gasteiger partial charge in [0.15, 0.2) is 0 Å². The van der Waals surface area contributed by atoms with Gasteiger partial charge in [0.25, 0.3) is 5.91 Å². The molecule has 0 N–H and O–H groups in total. The summed E-state index contributed by atoms with van der Waals surface area (Å²) in [4.78, 5) is 15.1. The Morgan fingerprint density at radius 2 is 1.61 bits per heavy atom. The van der Waals surface area contributed by atoms with E-state index in [2.05, 4.69) is 0 Å². The van der Waals surface area contributed by atoms with Gasteiger partial charge in [0.05, 0.1) is 23.1 Å². The summed E-state index contributed by atoms with van der Waals surface area (Å²) in [6.07, 6.45) is 1.35. The highest BCUT2D eigenvalue weighted by Gasteiger charge is 2.33. The number of hydrogen-bond acceptors (Lipinski definition) is 4. The molecule has 3 atom stereocenters. The topological polar surface area (TPSA) is 66.9 Å². The van der Waals surface area contributed by atoms with E-state index in [0.717, 1.165) is 18.4 Å². The Morgan fingerprint density at radius 1 is 1.00 bits per heavy atom. The molecule has 2 aliphatic heterocycles. The van der Waals surface area contributed by atoms with Gasteiger partial charge >= 0.3 is 0 Å². The van der Waals surface area contributed by atoms with E-state index in [9.17, 15) is 17.6 Å². The third-order valence-corrected chi connectivity index (χ3v) is 7.74. The molecule has 31 heavy (non-hydrogen) atoms. The Hall–Kier alpha value is -2.29. The van der Waals surface area contributed by atoms with Gasteiger partial charge in [-0.3, -0.25) is 4.79 Å². The van der Waals surface area contributed by atoms with E-state index < -0.39 is 10.0 Å². The number of halogens is 1. The van der Waals surface area contributed by atoms with Crippen molar-refractivity contribution >= 4 is 15.9 Å². The van der Waals surface area contributed by atoms with E-state index in [1.165, 1.54) is 28.6 Å². The molecular formula is C23H27FN2O4S. The SMILES string of the molecule is C[C@@H]1CN(S(=O)(=O)c2ccc(C(=O)N3CCC[C@H]3c3ccc(F)cc3)cc2)C[C@H](C)O1. The molecule has 2 heterocycles. The Morgan fingerprint density at radius 3 is 2.23 bits per heavy atom. The van der Waals surface area contributed by atoms with Crippen molar-refractivity contribution in [2.24, 2.45) is 0 Å². The van der Waals surface area contributed by atoms with Crippen LogP contribution in [-0.2, 0) is 14.8 Å². The van der Waals surface area contributed by atoms with Crippen LogP contribution in [0.1, 0.15) is 48.7 Å². The molecule has 1 amide bonds. The zero-order valence-electron chi connectivity index (χ0n) is 17.7. The molecule has 6 nitrogen and oxygen atoms in total. The number of benzene rings is 2. The summed E-state index contributed by atoms with van der Waals surface area (Å²) >= 11 is 0. The molecule has 2 aliphatic rings. The van der Waals surface area contributed by atoms with E-state index in [-0.39, 0.29) is 34.9 Å². The lowest BCUT2D eigenvalue weighted by Crippen LogP contribution is -2.48. The average Bonchev–Trinajstić information content (AvgIpc) is 3.23. The molecule has 0 spiro atoms. The van der Waals surface area contributed by atoms with E-state index in [0.29, 0.717) is 25.2 Å². The van der Waals surface area contributed by atoms with Crippen molar-refractivity contribution in [3.63, 3.8) is 0 Å². The highest BCUT2D eigenvalue weighted by Crippen LogP contribution is 2.33. The first-order valence-electron chi connectivity index (χ1n) is 10.6. The largest absolute Gasteiger partial charge is 0.373 e. The number of carbonyl (C=O) groups excluding carboxylic acids is 1.